The van der Waals surface area contributed by atoms with Crippen LogP contribution in [0.5, 0.6) is 0 Å². The van der Waals surface area contributed by atoms with Crippen LogP contribution in [0.25, 0.3) is 27.1 Å². The Morgan fingerprint density at radius 1 is 1.00 bits per heavy atom. The molecule has 1 aliphatic heterocycles. The molecular formula is C29H30ClN2O6S4+. The van der Waals surface area contributed by atoms with Crippen LogP contribution in [0.15, 0.2) is 76.2 Å². The Labute approximate surface area is 258 Å². The van der Waals surface area contributed by atoms with E-state index < -0.39 is 20.2 Å². The van der Waals surface area contributed by atoms with Crippen molar-refractivity contribution in [3.63, 3.8) is 0 Å². The van der Waals surface area contributed by atoms with Gasteiger partial charge in [0.1, 0.15) is 4.70 Å². The summed E-state index contributed by atoms with van der Waals surface area (Å²) in [4.78, 5) is 3.03. The van der Waals surface area contributed by atoms with Gasteiger partial charge in [-0.2, -0.15) is 21.4 Å². The highest BCUT2D eigenvalue weighted by Gasteiger charge is 2.27. The fourth-order valence-electron chi connectivity index (χ4n) is 4.99. The number of benzene rings is 3. The van der Waals surface area contributed by atoms with Crippen LogP contribution in [-0.4, -0.2) is 44.0 Å². The molecule has 2 heterocycles. The summed E-state index contributed by atoms with van der Waals surface area (Å²) in [5, 5.41) is 4.59. The topological polar surface area (TPSA) is 116 Å². The summed E-state index contributed by atoms with van der Waals surface area (Å²) in [5.74, 6) is -0.668. The molecule has 13 heteroatoms. The van der Waals surface area contributed by atoms with E-state index in [2.05, 4.69) is 41.8 Å². The van der Waals surface area contributed by atoms with Crippen LogP contribution in [0.4, 0.5) is 5.69 Å². The molecule has 0 aliphatic carbocycles. The normalized spacial score (nSPS) is 15.3. The van der Waals surface area contributed by atoms with Crippen LogP contribution in [0.1, 0.15) is 31.2 Å². The van der Waals surface area contributed by atoms with E-state index >= 15 is 0 Å². The first-order valence-corrected chi connectivity index (χ1v) is 18.6. The number of hydrogen-bond donors (Lipinski definition) is 2. The molecule has 0 atom stereocenters. The van der Waals surface area contributed by atoms with E-state index in [-0.39, 0.29) is 24.3 Å². The summed E-state index contributed by atoms with van der Waals surface area (Å²) < 4.78 is 67.5. The van der Waals surface area contributed by atoms with Crippen molar-refractivity contribution in [1.29, 1.82) is 0 Å². The Balaban J connectivity index is 1.56. The highest BCUT2D eigenvalue weighted by Crippen LogP contribution is 2.47. The Bertz CT molecular complexity index is 1930. The second kappa shape index (κ2) is 12.7. The lowest BCUT2D eigenvalue weighted by Crippen LogP contribution is -2.36. The molecule has 0 unspecified atom stereocenters. The molecule has 0 saturated carbocycles. The van der Waals surface area contributed by atoms with Crippen LogP contribution in [0.3, 0.4) is 0 Å². The van der Waals surface area contributed by atoms with Gasteiger partial charge >= 0.3 is 0 Å². The highest BCUT2D eigenvalue weighted by molar-refractivity contribution is 8.03. The van der Waals surface area contributed by atoms with E-state index in [1.807, 2.05) is 41.3 Å². The predicted molar refractivity (Wildman–Crippen MR) is 173 cm³/mol. The van der Waals surface area contributed by atoms with Gasteiger partial charge in [-0.25, -0.2) is 0 Å². The van der Waals surface area contributed by atoms with E-state index in [1.54, 1.807) is 23.1 Å². The van der Waals surface area contributed by atoms with Gasteiger partial charge in [0.25, 0.3) is 25.2 Å². The number of halogens is 1. The van der Waals surface area contributed by atoms with E-state index in [0.717, 1.165) is 47.2 Å². The van der Waals surface area contributed by atoms with E-state index in [4.69, 9.17) is 11.6 Å². The third-order valence-electron chi connectivity index (χ3n) is 6.90. The van der Waals surface area contributed by atoms with Crippen molar-refractivity contribution in [3.8, 4) is 0 Å². The van der Waals surface area contributed by atoms with Crippen molar-refractivity contribution in [2.24, 2.45) is 0 Å². The van der Waals surface area contributed by atoms with Gasteiger partial charge in [0.05, 0.1) is 27.6 Å². The molecule has 0 saturated heterocycles. The van der Waals surface area contributed by atoms with Crippen LogP contribution >= 0.6 is 34.7 Å². The molecule has 1 aliphatic rings. The lowest BCUT2D eigenvalue weighted by Gasteiger charge is -2.20. The number of thiazole rings is 1. The maximum Gasteiger partial charge on any atom is 0.265 e. The second-order valence-corrected chi connectivity index (χ2v) is 15.6. The van der Waals surface area contributed by atoms with Crippen molar-refractivity contribution in [1.82, 2.24) is 0 Å². The second-order valence-electron chi connectivity index (χ2n) is 9.93. The Hall–Kier alpha value is -2.45. The number of aromatic nitrogens is 1. The first-order chi connectivity index (χ1) is 19.9. The summed E-state index contributed by atoms with van der Waals surface area (Å²) in [6.45, 7) is 2.85. The Morgan fingerprint density at radius 2 is 1.74 bits per heavy atom. The standard InChI is InChI=1S/C29H29ClN2O6S4/c1-2-20(17-27-31(13-5-15-41(33,34)35)24-19-22(30)10-12-25(24)39-27)18-28-32(14-6-16-42(36,37)38)29-23-8-4-3-7-21(23)9-11-26(29)40-28/h3-4,7-12,17-19H,2,5-6,13-16H2,1H3,(H-,33,34,35,36,37,38)/p+1. The molecule has 0 amide bonds. The van der Waals surface area contributed by atoms with Crippen LogP contribution < -0.4 is 9.47 Å². The van der Waals surface area contributed by atoms with Crippen LogP contribution in [0, 0.1) is 0 Å². The van der Waals surface area contributed by atoms with Gasteiger partial charge in [-0.1, -0.05) is 65.9 Å². The summed E-state index contributed by atoms with van der Waals surface area (Å²) in [7, 11) is -8.17. The number of nitrogens with zero attached hydrogens (tertiary/aromatic N) is 2. The van der Waals surface area contributed by atoms with Gasteiger partial charge in [-0.3, -0.25) is 9.11 Å². The van der Waals surface area contributed by atoms with Gasteiger partial charge in [0.15, 0.2) is 6.54 Å². The quantitative estimate of drug-likeness (QED) is 0.133. The molecule has 1 aromatic heterocycles. The summed E-state index contributed by atoms with van der Waals surface area (Å²) in [6.07, 6.45) is 5.39. The van der Waals surface area contributed by atoms with E-state index in [1.165, 1.54) is 0 Å². The molecule has 3 aromatic carbocycles. The molecule has 5 rings (SSSR count). The summed E-state index contributed by atoms with van der Waals surface area (Å²) >= 11 is 9.48. The average molecular weight is 666 g/mol. The number of aryl methyl sites for hydroxylation is 1. The molecule has 8 nitrogen and oxygen atoms in total. The van der Waals surface area contributed by atoms with Crippen LogP contribution in [-0.2, 0) is 26.8 Å². The molecule has 0 spiro atoms. The van der Waals surface area contributed by atoms with E-state index in [9.17, 15) is 25.9 Å². The zero-order valence-electron chi connectivity index (χ0n) is 22.7. The number of thioether (sulfide) groups is 1. The molecule has 2 N–H and O–H groups in total. The Kier molecular flexibility index (Phi) is 9.33. The van der Waals surface area contributed by atoms with Gasteiger partial charge in [-0.05, 0) is 60.2 Å². The SMILES string of the molecule is CCC(=Cc1sc2ccc3ccccc3c2[n+]1CCCS(=O)(=O)O)C=C1Sc2ccc(Cl)cc2N1CCCS(=O)(=O)O. The van der Waals surface area contributed by atoms with Crippen molar-refractivity contribution >= 4 is 87.7 Å². The molecule has 0 radical (unpaired) electrons. The molecule has 222 valence electrons. The smallest absolute Gasteiger partial charge is 0.265 e. The third-order valence-corrected chi connectivity index (χ3v) is 11.0. The van der Waals surface area contributed by atoms with Crippen molar-refractivity contribution in [2.45, 2.75) is 37.6 Å². The Morgan fingerprint density at radius 3 is 2.48 bits per heavy atom. The molecule has 4 aromatic rings. The number of rotatable bonds is 11. The van der Waals surface area contributed by atoms with Crippen molar-refractivity contribution in [3.05, 3.63) is 81.3 Å². The predicted octanol–water partition coefficient (Wildman–Crippen LogP) is 6.80. The zero-order valence-corrected chi connectivity index (χ0v) is 26.8. The first-order valence-electron chi connectivity index (χ1n) is 13.3. The van der Waals surface area contributed by atoms with Crippen molar-refractivity contribution in [2.75, 3.05) is 23.0 Å². The monoisotopic (exact) mass is 665 g/mol. The fourth-order valence-corrected chi connectivity index (χ4v) is 8.47. The summed E-state index contributed by atoms with van der Waals surface area (Å²) in [6, 6.07) is 17.8. The van der Waals surface area contributed by atoms with E-state index in [0.29, 0.717) is 24.5 Å². The maximum absolute atomic E-state index is 11.5. The minimum Gasteiger partial charge on any atom is -0.335 e. The minimum atomic E-state index is -4.09. The van der Waals surface area contributed by atoms with Gasteiger partial charge in [0.2, 0.25) is 5.52 Å². The van der Waals surface area contributed by atoms with Gasteiger partial charge < -0.3 is 4.90 Å². The number of hydrogen-bond acceptors (Lipinski definition) is 7. The van der Waals surface area contributed by atoms with Gasteiger partial charge in [-0.15, -0.1) is 0 Å². The lowest BCUT2D eigenvalue weighted by molar-refractivity contribution is -0.667. The number of allylic oxidation sites excluding steroid dienone is 2. The fraction of sp³-hybridized carbons (Fsp3) is 0.276. The molecule has 0 bridgehead atoms. The number of fused-ring (bicyclic) bond motifs is 4. The van der Waals surface area contributed by atoms with Gasteiger partial charge in [0, 0.05) is 29.0 Å². The third kappa shape index (κ3) is 7.36. The lowest BCUT2D eigenvalue weighted by atomic mass is 10.1. The zero-order chi connectivity index (χ0) is 30.1. The van der Waals surface area contributed by atoms with Crippen molar-refractivity contribution < 1.29 is 30.5 Å². The largest absolute Gasteiger partial charge is 0.335 e. The summed E-state index contributed by atoms with van der Waals surface area (Å²) in [5.41, 5.74) is 2.93. The minimum absolute atomic E-state index is 0.241. The average Bonchev–Trinajstić information content (AvgIpc) is 3.44. The maximum atomic E-state index is 11.5. The first kappa shape index (κ1) is 31.0. The highest BCUT2D eigenvalue weighted by atomic mass is 35.5. The molecule has 42 heavy (non-hydrogen) atoms. The van der Waals surface area contributed by atoms with Crippen LogP contribution in [0.2, 0.25) is 5.02 Å². The number of anilines is 1. The molecule has 0 fully saturated rings. The molecular weight excluding hydrogens is 636 g/mol.